The summed E-state index contributed by atoms with van der Waals surface area (Å²) < 4.78 is 33.2. The van der Waals surface area contributed by atoms with Gasteiger partial charge in [-0.1, -0.05) is 42.5 Å². The van der Waals surface area contributed by atoms with Crippen LogP contribution in [0.3, 0.4) is 0 Å². The fourth-order valence-electron chi connectivity index (χ4n) is 5.19. The molecule has 220 valence electrons. The summed E-state index contributed by atoms with van der Waals surface area (Å²) in [7, 11) is 0. The van der Waals surface area contributed by atoms with Crippen LogP contribution in [0.5, 0.6) is 5.75 Å². The van der Waals surface area contributed by atoms with Crippen LogP contribution in [0.15, 0.2) is 78.9 Å². The fourth-order valence-corrected chi connectivity index (χ4v) is 5.19. The van der Waals surface area contributed by atoms with E-state index in [0.29, 0.717) is 35.3 Å². The van der Waals surface area contributed by atoms with Gasteiger partial charge in [0.2, 0.25) is 0 Å². The number of ether oxygens (including phenoxy) is 1. The van der Waals surface area contributed by atoms with E-state index in [1.165, 1.54) is 0 Å². The van der Waals surface area contributed by atoms with Crippen LogP contribution in [-0.2, 0) is 11.2 Å². The smallest absolute Gasteiger partial charge is 0.311 e. The van der Waals surface area contributed by atoms with Crippen LogP contribution in [0.1, 0.15) is 46.3 Å². The SMILES string of the molecule is CC(=N)N1CC[C@H](Oc2ccc([C@H](Cc3ccc4ccc(C(=N)NC(=O)c5ccc(F)cc5F)cc4c3)C(=O)O)cc2)C1. The number of carboxylic acids is 1. The molecule has 4 aromatic carbocycles. The summed E-state index contributed by atoms with van der Waals surface area (Å²) in [6, 6.07) is 20.3. The molecule has 1 aliphatic heterocycles. The maximum atomic E-state index is 14.0. The summed E-state index contributed by atoms with van der Waals surface area (Å²) in [4.78, 5) is 26.7. The first kappa shape index (κ1) is 29.4. The molecule has 0 radical (unpaired) electrons. The maximum absolute atomic E-state index is 14.0. The van der Waals surface area contributed by atoms with Gasteiger partial charge in [0.25, 0.3) is 5.91 Å². The van der Waals surface area contributed by atoms with E-state index in [9.17, 15) is 23.5 Å². The van der Waals surface area contributed by atoms with Crippen LogP contribution in [0, 0.1) is 22.5 Å². The van der Waals surface area contributed by atoms with E-state index < -0.39 is 29.4 Å². The topological polar surface area (TPSA) is 127 Å². The number of hydrogen-bond acceptors (Lipinski definition) is 5. The van der Waals surface area contributed by atoms with Crippen molar-refractivity contribution in [2.75, 3.05) is 13.1 Å². The number of fused-ring (bicyclic) bond motifs is 1. The number of nitrogens with zero attached hydrogens (tertiary/aromatic N) is 1. The predicted molar refractivity (Wildman–Crippen MR) is 159 cm³/mol. The lowest BCUT2D eigenvalue weighted by molar-refractivity contribution is -0.138. The lowest BCUT2D eigenvalue weighted by Crippen LogP contribution is -2.31. The van der Waals surface area contributed by atoms with Crippen LogP contribution in [0.2, 0.25) is 0 Å². The van der Waals surface area contributed by atoms with Crippen LogP contribution >= 0.6 is 0 Å². The number of rotatable bonds is 8. The molecule has 4 aromatic rings. The highest BCUT2D eigenvalue weighted by molar-refractivity contribution is 6.12. The van der Waals surface area contributed by atoms with Gasteiger partial charge < -0.3 is 20.1 Å². The molecule has 1 saturated heterocycles. The molecular weight excluding hydrogens is 554 g/mol. The Bertz CT molecular complexity index is 1720. The molecule has 1 amide bonds. The minimum atomic E-state index is -1.03. The molecule has 1 fully saturated rings. The van der Waals surface area contributed by atoms with Gasteiger partial charge in [-0.3, -0.25) is 20.4 Å². The number of aliphatic carboxylic acids is 1. The molecule has 0 aliphatic carbocycles. The van der Waals surface area contributed by atoms with E-state index in [0.717, 1.165) is 41.4 Å². The number of amidine groups is 2. The standard InChI is InChI=1S/C33H30F2N4O4/c1-19(36)39-13-12-27(18-39)43-26-9-6-22(7-10-26)29(33(41)42)15-20-2-3-21-4-5-23(16-24(21)14-20)31(37)38-32(40)28-11-8-25(34)17-30(28)35/h2-11,14,16-17,27,29,36H,12-13,15,18H2,1H3,(H,41,42)(H2,37,38,40)/t27-,29-/m0/s1. The predicted octanol–water partition coefficient (Wildman–Crippen LogP) is 5.73. The molecule has 0 aromatic heterocycles. The molecule has 2 atom stereocenters. The zero-order valence-electron chi connectivity index (χ0n) is 23.4. The Morgan fingerprint density at radius 2 is 1.74 bits per heavy atom. The van der Waals surface area contributed by atoms with Crippen molar-refractivity contribution in [1.29, 1.82) is 10.8 Å². The van der Waals surface area contributed by atoms with Gasteiger partial charge in [-0.25, -0.2) is 8.78 Å². The number of benzene rings is 4. The first-order chi connectivity index (χ1) is 20.6. The molecule has 8 nitrogen and oxygen atoms in total. The Hall–Kier alpha value is -5.12. The summed E-state index contributed by atoms with van der Waals surface area (Å²) in [5, 5.41) is 30.1. The van der Waals surface area contributed by atoms with Crippen molar-refractivity contribution in [3.05, 3.63) is 113 Å². The number of carbonyl (C=O) groups is 2. The fraction of sp³-hybridized carbons (Fsp3) is 0.212. The number of likely N-dealkylation sites (tertiary alicyclic amines) is 1. The highest BCUT2D eigenvalue weighted by Gasteiger charge is 2.25. The van der Waals surface area contributed by atoms with E-state index in [1.54, 1.807) is 49.4 Å². The second-order valence-electron chi connectivity index (χ2n) is 10.6. The Labute approximate surface area is 246 Å². The second kappa shape index (κ2) is 12.4. The van der Waals surface area contributed by atoms with E-state index in [1.807, 2.05) is 23.1 Å². The van der Waals surface area contributed by atoms with E-state index in [-0.39, 0.29) is 23.9 Å². The Morgan fingerprint density at radius 3 is 2.42 bits per heavy atom. The summed E-state index contributed by atoms with van der Waals surface area (Å²) in [6.07, 6.45) is 1.02. The number of nitrogens with one attached hydrogen (secondary N) is 3. The maximum Gasteiger partial charge on any atom is 0.311 e. The average molecular weight is 585 g/mol. The third-order valence-electron chi connectivity index (χ3n) is 7.55. The molecule has 43 heavy (non-hydrogen) atoms. The highest BCUT2D eigenvalue weighted by atomic mass is 19.1. The van der Waals surface area contributed by atoms with Crippen molar-refractivity contribution in [3.8, 4) is 5.75 Å². The number of halogens is 2. The van der Waals surface area contributed by atoms with Gasteiger partial charge in [-0.05, 0) is 65.6 Å². The molecule has 0 spiro atoms. The van der Waals surface area contributed by atoms with Crippen LogP contribution < -0.4 is 10.1 Å². The van der Waals surface area contributed by atoms with Gasteiger partial charge in [0, 0.05) is 24.6 Å². The van der Waals surface area contributed by atoms with Gasteiger partial charge >= 0.3 is 5.97 Å². The van der Waals surface area contributed by atoms with Crippen LogP contribution in [0.25, 0.3) is 10.8 Å². The number of amides is 1. The minimum Gasteiger partial charge on any atom is -0.489 e. The van der Waals surface area contributed by atoms with E-state index in [4.69, 9.17) is 15.6 Å². The number of hydrogen-bond donors (Lipinski definition) is 4. The largest absolute Gasteiger partial charge is 0.489 e. The lowest BCUT2D eigenvalue weighted by Gasteiger charge is -2.18. The summed E-state index contributed by atoms with van der Waals surface area (Å²) >= 11 is 0. The first-order valence-electron chi connectivity index (χ1n) is 13.7. The molecular formula is C33H30F2N4O4. The Morgan fingerprint density at radius 1 is 1.00 bits per heavy atom. The van der Waals surface area contributed by atoms with Gasteiger partial charge in [-0.2, -0.15) is 0 Å². The molecule has 10 heteroatoms. The van der Waals surface area contributed by atoms with Crippen LogP contribution in [-0.4, -0.2) is 52.7 Å². The third-order valence-corrected chi connectivity index (χ3v) is 7.55. The molecule has 0 saturated carbocycles. The Balaban J connectivity index is 1.28. The van der Waals surface area contributed by atoms with Gasteiger partial charge in [0.15, 0.2) is 0 Å². The zero-order chi connectivity index (χ0) is 30.7. The lowest BCUT2D eigenvalue weighted by atomic mass is 9.91. The van der Waals surface area contributed by atoms with Gasteiger partial charge in [0.05, 0.1) is 23.9 Å². The van der Waals surface area contributed by atoms with Crippen molar-refractivity contribution < 1.29 is 28.2 Å². The summed E-state index contributed by atoms with van der Waals surface area (Å²) in [5.74, 6) is -3.57. The van der Waals surface area contributed by atoms with Crippen molar-refractivity contribution >= 4 is 34.3 Å². The van der Waals surface area contributed by atoms with Crippen molar-refractivity contribution in [2.24, 2.45) is 0 Å². The van der Waals surface area contributed by atoms with Crippen molar-refractivity contribution in [3.63, 3.8) is 0 Å². The summed E-state index contributed by atoms with van der Waals surface area (Å²) in [5.41, 5.74) is 1.40. The molecule has 1 aliphatic rings. The van der Waals surface area contributed by atoms with E-state index >= 15 is 0 Å². The number of carbonyl (C=O) groups excluding carboxylic acids is 1. The molecule has 0 bridgehead atoms. The third kappa shape index (κ3) is 6.86. The zero-order valence-corrected chi connectivity index (χ0v) is 23.4. The van der Waals surface area contributed by atoms with Gasteiger partial charge in [0.1, 0.15) is 29.3 Å². The minimum absolute atomic E-state index is 0.0252. The second-order valence-corrected chi connectivity index (χ2v) is 10.6. The molecule has 0 unspecified atom stereocenters. The quantitative estimate of drug-likeness (QED) is 0.155. The monoisotopic (exact) mass is 584 g/mol. The van der Waals surface area contributed by atoms with Crippen LogP contribution in [0.4, 0.5) is 8.78 Å². The first-order valence-corrected chi connectivity index (χ1v) is 13.7. The average Bonchev–Trinajstić information content (AvgIpc) is 3.44. The number of carboxylic acid groups (broad SMARTS) is 1. The highest BCUT2D eigenvalue weighted by Crippen LogP contribution is 2.27. The van der Waals surface area contributed by atoms with E-state index in [2.05, 4.69) is 5.32 Å². The summed E-state index contributed by atoms with van der Waals surface area (Å²) in [6.45, 7) is 3.18. The Kier molecular flexibility index (Phi) is 8.47. The van der Waals surface area contributed by atoms with Crippen molar-refractivity contribution in [1.82, 2.24) is 10.2 Å². The molecule has 1 heterocycles. The van der Waals surface area contributed by atoms with Gasteiger partial charge in [-0.15, -0.1) is 0 Å². The normalized spacial score (nSPS) is 15.2. The van der Waals surface area contributed by atoms with Crippen molar-refractivity contribution in [2.45, 2.75) is 31.8 Å². The molecule has 5 rings (SSSR count). The molecule has 4 N–H and O–H groups in total.